The average molecular weight is 523 g/mol. The van der Waals surface area contributed by atoms with Crippen molar-refractivity contribution < 1.29 is 14.3 Å². The minimum absolute atomic E-state index is 0.120. The number of methoxy groups -OCH3 is 2. The van der Waals surface area contributed by atoms with Gasteiger partial charge in [0.1, 0.15) is 11.5 Å². The molecule has 4 aromatic carbocycles. The predicted molar refractivity (Wildman–Crippen MR) is 159 cm³/mol. The van der Waals surface area contributed by atoms with E-state index in [0.29, 0.717) is 15.8 Å². The van der Waals surface area contributed by atoms with Gasteiger partial charge in [-0.05, 0) is 95.0 Å². The van der Waals surface area contributed by atoms with Gasteiger partial charge in [-0.3, -0.25) is 9.69 Å². The Balaban J connectivity index is 1.64. The molecule has 0 spiro atoms. The minimum atomic E-state index is -0.120. The number of ether oxygens (including phenoxy) is 2. The van der Waals surface area contributed by atoms with E-state index in [-0.39, 0.29) is 5.91 Å². The summed E-state index contributed by atoms with van der Waals surface area (Å²) < 4.78 is 11.2. The lowest BCUT2D eigenvalue weighted by atomic mass is 10.0. The van der Waals surface area contributed by atoms with Crippen LogP contribution in [0.2, 0.25) is 0 Å². The Bertz CT molecular complexity index is 1530. The van der Waals surface area contributed by atoms with E-state index in [2.05, 4.69) is 38.1 Å². The van der Waals surface area contributed by atoms with Gasteiger partial charge < -0.3 is 9.47 Å². The Labute approximate surface area is 227 Å². The van der Waals surface area contributed by atoms with E-state index in [1.54, 1.807) is 19.1 Å². The van der Waals surface area contributed by atoms with Crippen LogP contribution in [0.3, 0.4) is 0 Å². The highest BCUT2D eigenvalue weighted by molar-refractivity contribution is 8.19. The van der Waals surface area contributed by atoms with E-state index in [9.17, 15) is 4.79 Å². The molecule has 1 aliphatic rings. The molecule has 1 aliphatic heterocycles. The summed E-state index contributed by atoms with van der Waals surface area (Å²) in [7, 11) is 3.29. The summed E-state index contributed by atoms with van der Waals surface area (Å²) in [6, 6.07) is 26.1. The number of benzene rings is 4. The average Bonchev–Trinajstić information content (AvgIpc) is 3.27. The second-order valence-electron chi connectivity index (χ2n) is 8.95. The number of aliphatic imine (C=N–C) groups is 1. The lowest BCUT2D eigenvalue weighted by molar-refractivity contribution is -0.113. The number of carbonyl (C=O) groups is 1. The topological polar surface area (TPSA) is 51.1 Å². The van der Waals surface area contributed by atoms with Gasteiger partial charge in [-0.1, -0.05) is 50.2 Å². The molecule has 1 amide bonds. The fourth-order valence-electron chi connectivity index (χ4n) is 4.46. The third-order valence-corrected chi connectivity index (χ3v) is 7.67. The number of hydrogen-bond acceptors (Lipinski definition) is 5. The zero-order valence-electron chi connectivity index (χ0n) is 22.0. The van der Waals surface area contributed by atoms with Gasteiger partial charge in [0.05, 0.1) is 30.5 Å². The van der Waals surface area contributed by atoms with Crippen molar-refractivity contribution in [3.63, 3.8) is 0 Å². The summed E-state index contributed by atoms with van der Waals surface area (Å²) in [4.78, 5) is 21.1. The molecule has 5 nitrogen and oxygen atoms in total. The van der Waals surface area contributed by atoms with Crippen molar-refractivity contribution in [1.82, 2.24) is 0 Å². The van der Waals surface area contributed by atoms with Crippen LogP contribution in [0, 0.1) is 0 Å². The van der Waals surface area contributed by atoms with Gasteiger partial charge in [0.15, 0.2) is 5.17 Å². The molecule has 38 heavy (non-hydrogen) atoms. The van der Waals surface area contributed by atoms with Gasteiger partial charge in [0.2, 0.25) is 0 Å². The number of carbonyl (C=O) groups excluding carboxylic acids is 1. The van der Waals surface area contributed by atoms with E-state index >= 15 is 0 Å². The van der Waals surface area contributed by atoms with E-state index in [1.165, 1.54) is 22.9 Å². The molecule has 1 fully saturated rings. The highest BCUT2D eigenvalue weighted by atomic mass is 32.2. The molecule has 0 aromatic heterocycles. The normalized spacial score (nSPS) is 15.6. The Kier molecular flexibility index (Phi) is 7.52. The van der Waals surface area contributed by atoms with Gasteiger partial charge in [-0.25, -0.2) is 4.99 Å². The maximum absolute atomic E-state index is 13.9. The first-order valence-electron chi connectivity index (χ1n) is 12.7. The highest BCUT2D eigenvalue weighted by Crippen LogP contribution is 2.40. The van der Waals surface area contributed by atoms with Crippen molar-refractivity contribution in [2.75, 3.05) is 19.1 Å². The number of hydrogen-bond donors (Lipinski definition) is 0. The molecule has 1 heterocycles. The van der Waals surface area contributed by atoms with Gasteiger partial charge >= 0.3 is 0 Å². The summed E-state index contributed by atoms with van der Waals surface area (Å²) in [5, 5.41) is 2.60. The maximum Gasteiger partial charge on any atom is 0.271 e. The summed E-state index contributed by atoms with van der Waals surface area (Å²) in [5.74, 6) is 1.31. The van der Waals surface area contributed by atoms with Crippen molar-refractivity contribution in [2.45, 2.75) is 26.7 Å². The molecule has 0 atom stereocenters. The number of thioether (sulfide) groups is 1. The molecule has 5 rings (SSSR count). The molecule has 192 valence electrons. The number of fused-ring (bicyclic) bond motifs is 1. The number of amides is 1. The van der Waals surface area contributed by atoms with Crippen LogP contribution in [0.15, 0.2) is 88.8 Å². The first-order valence-corrected chi connectivity index (χ1v) is 13.5. The van der Waals surface area contributed by atoms with E-state index < -0.39 is 0 Å². The third-order valence-electron chi connectivity index (χ3n) is 6.70. The van der Waals surface area contributed by atoms with Crippen LogP contribution in [0.25, 0.3) is 16.8 Å². The predicted octanol–water partition coefficient (Wildman–Crippen LogP) is 7.79. The lowest BCUT2D eigenvalue weighted by Gasteiger charge is -2.16. The number of nitrogens with zero attached hydrogens (tertiary/aromatic N) is 2. The van der Waals surface area contributed by atoms with Crippen molar-refractivity contribution in [3.8, 4) is 11.5 Å². The Morgan fingerprint density at radius 2 is 1.50 bits per heavy atom. The zero-order chi connectivity index (χ0) is 26.6. The second kappa shape index (κ2) is 11.2. The SMILES string of the molecule is CCc1ccc(N=C2S/C(=C\c3c(OC)ccc4ccc(OC)cc34)C(=O)N2c2ccc(CC)cc2)cc1. The van der Waals surface area contributed by atoms with Crippen LogP contribution < -0.4 is 14.4 Å². The van der Waals surface area contributed by atoms with Gasteiger partial charge in [-0.2, -0.15) is 0 Å². The minimum Gasteiger partial charge on any atom is -0.497 e. The zero-order valence-corrected chi connectivity index (χ0v) is 22.8. The summed E-state index contributed by atoms with van der Waals surface area (Å²) in [6.07, 6.45) is 3.80. The summed E-state index contributed by atoms with van der Waals surface area (Å²) in [6.45, 7) is 4.24. The van der Waals surface area contributed by atoms with Crippen molar-refractivity contribution in [3.05, 3.63) is 100 Å². The van der Waals surface area contributed by atoms with Crippen LogP contribution in [0.1, 0.15) is 30.5 Å². The fourth-order valence-corrected chi connectivity index (χ4v) is 5.44. The number of aryl methyl sites for hydroxylation is 2. The van der Waals surface area contributed by atoms with Crippen LogP contribution in [0.5, 0.6) is 11.5 Å². The van der Waals surface area contributed by atoms with Crippen molar-refractivity contribution in [1.29, 1.82) is 0 Å². The quantitative estimate of drug-likeness (QED) is 0.233. The van der Waals surface area contributed by atoms with Crippen LogP contribution in [0.4, 0.5) is 11.4 Å². The highest BCUT2D eigenvalue weighted by Gasteiger charge is 2.35. The number of amidine groups is 1. The van der Waals surface area contributed by atoms with Gasteiger partial charge in [-0.15, -0.1) is 0 Å². The van der Waals surface area contributed by atoms with Crippen molar-refractivity contribution in [2.24, 2.45) is 4.99 Å². The van der Waals surface area contributed by atoms with Crippen LogP contribution >= 0.6 is 11.8 Å². The Morgan fingerprint density at radius 3 is 2.13 bits per heavy atom. The first-order chi connectivity index (χ1) is 18.5. The smallest absolute Gasteiger partial charge is 0.271 e. The molecule has 1 saturated heterocycles. The van der Waals surface area contributed by atoms with Crippen molar-refractivity contribution >= 4 is 51.1 Å². The molecule has 0 N–H and O–H groups in total. The van der Waals surface area contributed by atoms with E-state index in [1.807, 2.05) is 60.7 Å². The third kappa shape index (κ3) is 5.04. The van der Waals surface area contributed by atoms with Gasteiger partial charge in [0.25, 0.3) is 5.91 Å². The Hall–Kier alpha value is -4.03. The monoisotopic (exact) mass is 522 g/mol. The largest absolute Gasteiger partial charge is 0.497 e. The van der Waals surface area contributed by atoms with Crippen LogP contribution in [-0.4, -0.2) is 25.3 Å². The molecular weight excluding hydrogens is 492 g/mol. The molecule has 4 aromatic rings. The summed E-state index contributed by atoms with van der Waals surface area (Å²) in [5.41, 5.74) is 4.89. The molecule has 0 aliphatic carbocycles. The molecule has 6 heteroatoms. The first kappa shape index (κ1) is 25.6. The second-order valence-corrected chi connectivity index (χ2v) is 9.96. The molecule has 0 saturated carbocycles. The molecular formula is C32H30N2O3S. The van der Waals surface area contributed by atoms with E-state index in [0.717, 1.165) is 46.3 Å². The van der Waals surface area contributed by atoms with Gasteiger partial charge in [0, 0.05) is 5.56 Å². The molecule has 0 unspecified atom stereocenters. The lowest BCUT2D eigenvalue weighted by Crippen LogP contribution is -2.28. The van der Waals surface area contributed by atoms with E-state index in [4.69, 9.17) is 14.5 Å². The summed E-state index contributed by atoms with van der Waals surface area (Å²) >= 11 is 1.37. The maximum atomic E-state index is 13.9. The standard InChI is InChI=1S/C32H30N2O3S/c1-5-21-7-13-24(14-8-21)33-32-34(25-15-9-22(6-2)10-16-25)31(35)30(38-32)20-28-27-19-26(36-3)17-11-23(27)12-18-29(28)37-4/h7-20H,5-6H2,1-4H3/b30-20-,33-32?. The number of rotatable bonds is 7. The number of anilines is 1. The molecule has 0 radical (unpaired) electrons. The van der Waals surface area contributed by atoms with Crippen LogP contribution in [-0.2, 0) is 17.6 Å². The fraction of sp³-hybridized carbons (Fsp3) is 0.188. The Morgan fingerprint density at radius 1 is 0.842 bits per heavy atom. The molecule has 0 bridgehead atoms.